The summed E-state index contributed by atoms with van der Waals surface area (Å²) in [5.74, 6) is 0.114. The number of carbonyl (C=O) groups is 1. The molecule has 0 unspecified atom stereocenters. The molecule has 1 N–H and O–H groups in total. The minimum atomic E-state index is 0.114. The third-order valence-corrected chi connectivity index (χ3v) is 2.14. The molecule has 1 aromatic heterocycles. The molecular formula is C8H13N3OS. The Morgan fingerprint density at radius 2 is 2.38 bits per heavy atom. The molecule has 0 bridgehead atoms. The lowest BCUT2D eigenvalue weighted by atomic mass is 10.4. The summed E-state index contributed by atoms with van der Waals surface area (Å²) in [5.41, 5.74) is 0. The fourth-order valence-electron chi connectivity index (χ4n) is 0.965. The largest absolute Gasteiger partial charge is 0.349 e. The van der Waals surface area contributed by atoms with E-state index in [4.69, 9.17) is 12.2 Å². The fraction of sp³-hybridized carbons (Fsp3) is 0.500. The number of amides is 1. The van der Waals surface area contributed by atoms with Crippen LogP contribution in [0.25, 0.3) is 0 Å². The van der Waals surface area contributed by atoms with Gasteiger partial charge in [0.2, 0.25) is 5.91 Å². The summed E-state index contributed by atoms with van der Waals surface area (Å²) in [4.78, 5) is 15.7. The molecule has 72 valence electrons. The maximum absolute atomic E-state index is 11.2. The van der Waals surface area contributed by atoms with Crippen LogP contribution in [0.15, 0.2) is 12.4 Å². The molecular weight excluding hydrogens is 186 g/mol. The van der Waals surface area contributed by atoms with E-state index in [2.05, 4.69) is 4.98 Å². The average molecular weight is 199 g/mol. The molecule has 0 spiro atoms. The van der Waals surface area contributed by atoms with Crippen LogP contribution in [0, 0.1) is 4.77 Å². The molecule has 0 aliphatic heterocycles. The third-order valence-electron chi connectivity index (χ3n) is 1.79. The van der Waals surface area contributed by atoms with Gasteiger partial charge in [-0.05, 0) is 12.2 Å². The van der Waals surface area contributed by atoms with Crippen molar-refractivity contribution in [3.63, 3.8) is 0 Å². The van der Waals surface area contributed by atoms with Crippen molar-refractivity contribution in [2.75, 3.05) is 14.1 Å². The number of H-pyrrole nitrogens is 1. The second-order valence-electron chi connectivity index (χ2n) is 3.00. The molecule has 1 amide bonds. The molecule has 0 saturated heterocycles. The molecule has 0 aliphatic rings. The number of imidazole rings is 1. The Morgan fingerprint density at radius 1 is 1.69 bits per heavy atom. The Balaban J connectivity index is 2.49. The number of hydrogen-bond acceptors (Lipinski definition) is 2. The van der Waals surface area contributed by atoms with Gasteiger partial charge in [-0.25, -0.2) is 0 Å². The molecule has 0 atom stereocenters. The van der Waals surface area contributed by atoms with Crippen LogP contribution in [0.4, 0.5) is 0 Å². The lowest BCUT2D eigenvalue weighted by molar-refractivity contribution is -0.128. The van der Waals surface area contributed by atoms with Crippen LogP contribution in [0.2, 0.25) is 0 Å². The van der Waals surface area contributed by atoms with Gasteiger partial charge in [-0.15, -0.1) is 0 Å². The molecule has 0 aliphatic carbocycles. The van der Waals surface area contributed by atoms with Gasteiger partial charge in [-0.2, -0.15) is 0 Å². The smallest absolute Gasteiger partial charge is 0.223 e. The van der Waals surface area contributed by atoms with Crippen molar-refractivity contribution in [1.82, 2.24) is 14.5 Å². The molecule has 0 fully saturated rings. The fourth-order valence-corrected chi connectivity index (χ4v) is 1.19. The van der Waals surface area contributed by atoms with Gasteiger partial charge in [-0.1, -0.05) is 0 Å². The Morgan fingerprint density at radius 3 is 2.85 bits per heavy atom. The van der Waals surface area contributed by atoms with Crippen LogP contribution in [-0.4, -0.2) is 34.5 Å². The van der Waals surface area contributed by atoms with E-state index in [-0.39, 0.29) is 5.91 Å². The van der Waals surface area contributed by atoms with E-state index in [0.717, 1.165) is 0 Å². The minimum Gasteiger partial charge on any atom is -0.349 e. The first-order valence-corrected chi connectivity index (χ1v) is 4.46. The summed E-state index contributed by atoms with van der Waals surface area (Å²) in [6.45, 7) is 0.638. The number of aryl methyl sites for hydroxylation is 1. The zero-order valence-corrected chi connectivity index (χ0v) is 8.60. The van der Waals surface area contributed by atoms with Crippen LogP contribution < -0.4 is 0 Å². The van der Waals surface area contributed by atoms with Crippen LogP contribution in [0.3, 0.4) is 0 Å². The zero-order valence-electron chi connectivity index (χ0n) is 7.78. The number of rotatable bonds is 3. The number of nitrogens with zero attached hydrogens (tertiary/aromatic N) is 2. The SMILES string of the molecule is CN(C)C(=O)CCn1cc[nH]c1=S. The summed E-state index contributed by atoms with van der Waals surface area (Å²) < 4.78 is 2.50. The Hall–Kier alpha value is -1.10. The predicted octanol–water partition coefficient (Wildman–Crippen LogP) is 1.02. The van der Waals surface area contributed by atoms with Gasteiger partial charge in [0.1, 0.15) is 0 Å². The highest BCUT2D eigenvalue weighted by molar-refractivity contribution is 7.71. The highest BCUT2D eigenvalue weighted by atomic mass is 32.1. The summed E-state index contributed by atoms with van der Waals surface area (Å²) in [5, 5.41) is 0. The first kappa shape index (κ1) is 9.98. The number of aromatic amines is 1. The van der Waals surface area contributed by atoms with Crippen LogP contribution in [-0.2, 0) is 11.3 Å². The van der Waals surface area contributed by atoms with E-state index in [1.54, 1.807) is 25.2 Å². The second-order valence-corrected chi connectivity index (χ2v) is 3.38. The number of nitrogens with one attached hydrogen (secondary N) is 1. The van der Waals surface area contributed by atoms with Crippen molar-refractivity contribution < 1.29 is 4.79 Å². The molecule has 5 heteroatoms. The Kier molecular flexibility index (Phi) is 3.25. The molecule has 1 aromatic rings. The van der Waals surface area contributed by atoms with E-state index in [1.807, 2.05) is 10.8 Å². The van der Waals surface area contributed by atoms with Crippen LogP contribution in [0.5, 0.6) is 0 Å². The second kappa shape index (κ2) is 4.23. The average Bonchev–Trinajstić information content (AvgIpc) is 2.47. The van der Waals surface area contributed by atoms with Crippen molar-refractivity contribution in [3.05, 3.63) is 17.2 Å². The highest BCUT2D eigenvalue weighted by Gasteiger charge is 2.03. The first-order valence-electron chi connectivity index (χ1n) is 4.05. The zero-order chi connectivity index (χ0) is 9.84. The van der Waals surface area contributed by atoms with Gasteiger partial charge in [-0.3, -0.25) is 4.79 Å². The summed E-state index contributed by atoms with van der Waals surface area (Å²) in [7, 11) is 3.50. The highest BCUT2D eigenvalue weighted by Crippen LogP contribution is 1.95. The van der Waals surface area contributed by atoms with Crippen molar-refractivity contribution in [1.29, 1.82) is 0 Å². The topological polar surface area (TPSA) is 41.0 Å². The normalized spacial score (nSPS) is 10.0. The van der Waals surface area contributed by atoms with Gasteiger partial charge in [0.25, 0.3) is 0 Å². The van der Waals surface area contributed by atoms with E-state index in [1.165, 1.54) is 0 Å². The van der Waals surface area contributed by atoms with Crippen molar-refractivity contribution >= 4 is 18.1 Å². The minimum absolute atomic E-state index is 0.114. The van der Waals surface area contributed by atoms with Crippen molar-refractivity contribution in [2.24, 2.45) is 0 Å². The van der Waals surface area contributed by atoms with Gasteiger partial charge in [0, 0.05) is 39.5 Å². The van der Waals surface area contributed by atoms with E-state index in [0.29, 0.717) is 17.7 Å². The quantitative estimate of drug-likeness (QED) is 0.738. The molecule has 4 nitrogen and oxygen atoms in total. The molecule has 1 rings (SSSR count). The number of carbonyl (C=O) groups excluding carboxylic acids is 1. The lowest BCUT2D eigenvalue weighted by Crippen LogP contribution is -2.22. The Bertz CT molecular complexity index is 339. The number of hydrogen-bond donors (Lipinski definition) is 1. The van der Waals surface area contributed by atoms with Gasteiger partial charge >= 0.3 is 0 Å². The van der Waals surface area contributed by atoms with Gasteiger partial charge in [0.05, 0.1) is 0 Å². The maximum Gasteiger partial charge on any atom is 0.223 e. The standard InChI is InChI=1S/C8H13N3OS/c1-10(2)7(12)3-5-11-6-4-9-8(11)13/h4,6H,3,5H2,1-2H3,(H,9,13). The molecule has 0 saturated carbocycles. The molecule has 1 heterocycles. The van der Waals surface area contributed by atoms with Gasteiger partial charge < -0.3 is 14.5 Å². The molecule has 0 aromatic carbocycles. The predicted molar refractivity (Wildman–Crippen MR) is 52.9 cm³/mol. The lowest BCUT2D eigenvalue weighted by Gasteiger charge is -2.09. The molecule has 0 radical (unpaired) electrons. The summed E-state index contributed by atoms with van der Waals surface area (Å²) in [6, 6.07) is 0. The third kappa shape index (κ3) is 2.69. The van der Waals surface area contributed by atoms with E-state index >= 15 is 0 Å². The van der Waals surface area contributed by atoms with E-state index < -0.39 is 0 Å². The Labute approximate surface area is 82.2 Å². The van der Waals surface area contributed by atoms with Crippen LogP contribution >= 0.6 is 12.2 Å². The van der Waals surface area contributed by atoms with Gasteiger partial charge in [0.15, 0.2) is 4.77 Å². The van der Waals surface area contributed by atoms with Crippen molar-refractivity contribution in [3.8, 4) is 0 Å². The molecule has 13 heavy (non-hydrogen) atoms. The van der Waals surface area contributed by atoms with Crippen LogP contribution in [0.1, 0.15) is 6.42 Å². The first-order chi connectivity index (χ1) is 6.11. The number of aromatic nitrogens is 2. The monoisotopic (exact) mass is 199 g/mol. The van der Waals surface area contributed by atoms with E-state index in [9.17, 15) is 4.79 Å². The summed E-state index contributed by atoms with van der Waals surface area (Å²) in [6.07, 6.45) is 4.09. The van der Waals surface area contributed by atoms with Crippen molar-refractivity contribution in [2.45, 2.75) is 13.0 Å². The summed E-state index contributed by atoms with van der Waals surface area (Å²) >= 11 is 4.99. The maximum atomic E-state index is 11.2.